The van der Waals surface area contributed by atoms with Gasteiger partial charge in [-0.15, -0.1) is 0 Å². The molecule has 164 valence electrons. The van der Waals surface area contributed by atoms with Gasteiger partial charge in [-0.25, -0.2) is 4.98 Å². The van der Waals surface area contributed by atoms with Crippen LogP contribution in [0.1, 0.15) is 51.9 Å². The molecule has 0 radical (unpaired) electrons. The molecule has 0 aliphatic carbocycles. The van der Waals surface area contributed by atoms with E-state index < -0.39 is 0 Å². The number of halogens is 2. The fraction of sp³-hybridized carbons (Fsp3) is 0.375. The Labute approximate surface area is 205 Å². The number of ether oxygens (including phenoxy) is 1. The number of benzene rings is 2. The zero-order valence-corrected chi connectivity index (χ0v) is 22.0. The third-order valence-electron chi connectivity index (χ3n) is 4.57. The molecule has 0 unspecified atom stereocenters. The van der Waals surface area contributed by atoms with Gasteiger partial charge < -0.3 is 4.74 Å². The lowest BCUT2D eigenvalue weighted by molar-refractivity contribution is 0.196. The predicted octanol–water partition coefficient (Wildman–Crippen LogP) is 6.41. The molecular formula is C24H27BrIN3O2. The zero-order valence-electron chi connectivity index (χ0n) is 18.3. The number of unbranched alkanes of at least 4 members (excludes halogenated alkanes) is 1. The maximum atomic E-state index is 13.2. The fourth-order valence-corrected chi connectivity index (χ4v) is 4.00. The van der Waals surface area contributed by atoms with E-state index in [0.717, 1.165) is 32.2 Å². The van der Waals surface area contributed by atoms with Gasteiger partial charge in [0.25, 0.3) is 5.56 Å². The maximum Gasteiger partial charge on any atom is 0.282 e. The van der Waals surface area contributed by atoms with Crippen molar-refractivity contribution in [3.05, 3.63) is 66.2 Å². The SMILES string of the molecule is CCCCc1nc2ccc(Br)cc2c(=O)n1N=Cc1ccc(OCC(C)(C)C)c(I)c1. The number of hydrogen-bond donors (Lipinski definition) is 0. The molecule has 3 aromatic rings. The molecule has 7 heteroatoms. The van der Waals surface area contributed by atoms with Gasteiger partial charge in [-0.3, -0.25) is 4.79 Å². The molecule has 0 aliphatic heterocycles. The first-order valence-corrected chi connectivity index (χ1v) is 12.2. The lowest BCUT2D eigenvalue weighted by Crippen LogP contribution is -2.22. The highest BCUT2D eigenvalue weighted by Gasteiger charge is 2.13. The number of nitrogens with zero attached hydrogens (tertiary/aromatic N) is 3. The van der Waals surface area contributed by atoms with Crippen LogP contribution in [0.15, 0.2) is 50.8 Å². The van der Waals surface area contributed by atoms with E-state index in [4.69, 9.17) is 9.72 Å². The molecule has 0 amide bonds. The summed E-state index contributed by atoms with van der Waals surface area (Å²) in [5.41, 5.74) is 1.53. The van der Waals surface area contributed by atoms with Crippen LogP contribution in [0.25, 0.3) is 10.9 Å². The average molecular weight is 596 g/mol. The van der Waals surface area contributed by atoms with Gasteiger partial charge in [0.15, 0.2) is 0 Å². The van der Waals surface area contributed by atoms with Gasteiger partial charge in [-0.1, -0.05) is 50.0 Å². The van der Waals surface area contributed by atoms with E-state index >= 15 is 0 Å². The van der Waals surface area contributed by atoms with Gasteiger partial charge in [-0.05, 0) is 76.4 Å². The summed E-state index contributed by atoms with van der Waals surface area (Å²) in [6.07, 6.45) is 4.37. The van der Waals surface area contributed by atoms with Crippen LogP contribution in [0, 0.1) is 8.99 Å². The minimum Gasteiger partial charge on any atom is -0.492 e. The van der Waals surface area contributed by atoms with Gasteiger partial charge in [-0.2, -0.15) is 9.78 Å². The summed E-state index contributed by atoms with van der Waals surface area (Å²) in [6.45, 7) is 9.20. The first-order valence-electron chi connectivity index (χ1n) is 10.4. The molecule has 0 aliphatic rings. The smallest absolute Gasteiger partial charge is 0.282 e. The van der Waals surface area contributed by atoms with Crippen LogP contribution in [0.2, 0.25) is 0 Å². The molecule has 1 aromatic heterocycles. The number of rotatable bonds is 7. The highest BCUT2D eigenvalue weighted by Crippen LogP contribution is 2.24. The molecule has 5 nitrogen and oxygen atoms in total. The van der Waals surface area contributed by atoms with E-state index in [9.17, 15) is 4.79 Å². The first-order chi connectivity index (χ1) is 14.7. The second-order valence-corrected chi connectivity index (χ2v) is 10.8. The van der Waals surface area contributed by atoms with Crippen LogP contribution in [0.5, 0.6) is 5.75 Å². The monoisotopic (exact) mass is 595 g/mol. The summed E-state index contributed by atoms with van der Waals surface area (Å²) >= 11 is 5.71. The highest BCUT2D eigenvalue weighted by atomic mass is 127. The summed E-state index contributed by atoms with van der Waals surface area (Å²) in [7, 11) is 0. The second-order valence-electron chi connectivity index (χ2n) is 8.69. The molecule has 1 heterocycles. The molecule has 0 N–H and O–H groups in total. The van der Waals surface area contributed by atoms with Gasteiger partial charge in [0.1, 0.15) is 11.6 Å². The van der Waals surface area contributed by atoms with E-state index in [1.807, 2.05) is 30.3 Å². The van der Waals surface area contributed by atoms with Crippen LogP contribution < -0.4 is 10.3 Å². The molecule has 3 rings (SSSR count). The topological polar surface area (TPSA) is 56.5 Å². The normalized spacial score (nSPS) is 12.1. The van der Waals surface area contributed by atoms with Gasteiger partial charge in [0.2, 0.25) is 0 Å². The Morgan fingerprint density at radius 3 is 2.68 bits per heavy atom. The van der Waals surface area contributed by atoms with E-state index in [1.165, 1.54) is 4.68 Å². The largest absolute Gasteiger partial charge is 0.492 e. The molecule has 2 aromatic carbocycles. The Hall–Kier alpha value is -1.74. The Bertz CT molecular complexity index is 1170. The zero-order chi connectivity index (χ0) is 22.6. The Balaban J connectivity index is 1.95. The van der Waals surface area contributed by atoms with Crippen LogP contribution in [-0.4, -0.2) is 22.5 Å². The van der Waals surface area contributed by atoms with Crippen molar-refractivity contribution >= 4 is 55.6 Å². The van der Waals surface area contributed by atoms with Crippen LogP contribution in [-0.2, 0) is 6.42 Å². The summed E-state index contributed by atoms with van der Waals surface area (Å²) < 4.78 is 9.22. The minimum atomic E-state index is -0.159. The van der Waals surface area contributed by atoms with E-state index in [2.05, 4.69) is 71.3 Å². The Kier molecular flexibility index (Phi) is 7.91. The first kappa shape index (κ1) is 23.9. The number of aromatic nitrogens is 2. The Morgan fingerprint density at radius 1 is 1.23 bits per heavy atom. The van der Waals surface area contributed by atoms with Crippen LogP contribution in [0.3, 0.4) is 0 Å². The Morgan fingerprint density at radius 2 is 2.00 bits per heavy atom. The molecule has 0 saturated heterocycles. The maximum absolute atomic E-state index is 13.2. The highest BCUT2D eigenvalue weighted by molar-refractivity contribution is 14.1. The minimum absolute atomic E-state index is 0.0946. The van der Waals surface area contributed by atoms with E-state index in [1.54, 1.807) is 12.3 Å². The molecule has 31 heavy (non-hydrogen) atoms. The van der Waals surface area contributed by atoms with Crippen molar-refractivity contribution in [1.82, 2.24) is 9.66 Å². The summed E-state index contributed by atoms with van der Waals surface area (Å²) in [6, 6.07) is 11.5. The van der Waals surface area contributed by atoms with Gasteiger partial charge in [0.05, 0.1) is 27.3 Å². The molecule has 0 bridgehead atoms. The number of hydrogen-bond acceptors (Lipinski definition) is 4. The third kappa shape index (κ3) is 6.38. The fourth-order valence-electron chi connectivity index (χ4n) is 2.94. The van der Waals surface area contributed by atoms with E-state index in [0.29, 0.717) is 29.8 Å². The van der Waals surface area contributed by atoms with Gasteiger partial charge in [0, 0.05) is 10.9 Å². The van der Waals surface area contributed by atoms with Crippen LogP contribution in [0.4, 0.5) is 0 Å². The van der Waals surface area contributed by atoms with Crippen LogP contribution >= 0.6 is 38.5 Å². The van der Waals surface area contributed by atoms with Crippen molar-refractivity contribution < 1.29 is 4.74 Å². The van der Waals surface area contributed by atoms with Crippen molar-refractivity contribution in [2.24, 2.45) is 10.5 Å². The molecular weight excluding hydrogens is 569 g/mol. The molecule has 0 spiro atoms. The number of aryl methyl sites for hydroxylation is 1. The van der Waals surface area contributed by atoms with Crippen molar-refractivity contribution in [2.75, 3.05) is 6.61 Å². The van der Waals surface area contributed by atoms with Crippen molar-refractivity contribution in [3.63, 3.8) is 0 Å². The van der Waals surface area contributed by atoms with E-state index in [-0.39, 0.29) is 11.0 Å². The van der Waals surface area contributed by atoms with Crippen molar-refractivity contribution in [3.8, 4) is 5.75 Å². The molecule has 0 atom stereocenters. The average Bonchev–Trinajstić information content (AvgIpc) is 2.71. The molecule has 0 fully saturated rings. The van der Waals surface area contributed by atoms with Crippen molar-refractivity contribution in [1.29, 1.82) is 0 Å². The lowest BCUT2D eigenvalue weighted by atomic mass is 9.99. The van der Waals surface area contributed by atoms with Gasteiger partial charge >= 0.3 is 0 Å². The summed E-state index contributed by atoms with van der Waals surface area (Å²) in [5.74, 6) is 1.53. The molecule has 0 saturated carbocycles. The predicted molar refractivity (Wildman–Crippen MR) is 139 cm³/mol. The quantitative estimate of drug-likeness (QED) is 0.234. The standard InChI is InChI=1S/C24H27BrIN3O2/c1-5-6-7-22-28-20-10-9-17(25)13-18(20)23(30)29(22)27-14-16-8-11-21(19(26)12-16)31-15-24(2,3)4/h8-14H,5-7,15H2,1-4H3. The summed E-state index contributed by atoms with van der Waals surface area (Å²) in [5, 5.41) is 5.07. The lowest BCUT2D eigenvalue weighted by Gasteiger charge is -2.19. The number of fused-ring (bicyclic) bond motifs is 1. The second kappa shape index (κ2) is 10.3. The third-order valence-corrected chi connectivity index (χ3v) is 5.90. The summed E-state index contributed by atoms with van der Waals surface area (Å²) in [4.78, 5) is 17.9. The van der Waals surface area contributed by atoms with Crippen molar-refractivity contribution in [2.45, 2.75) is 47.0 Å².